The average Bonchev–Trinajstić information content (AvgIpc) is 2.42. The highest BCUT2D eigenvalue weighted by Crippen LogP contribution is 2.18. The first kappa shape index (κ1) is 16.9. The van der Waals surface area contributed by atoms with Gasteiger partial charge in [-0.1, -0.05) is 32.8 Å². The molecule has 2 nitrogen and oxygen atoms in total. The van der Waals surface area contributed by atoms with Gasteiger partial charge in [-0.05, 0) is 18.1 Å². The Hall–Kier alpha value is -1.16. The molecule has 1 amide bonds. The summed E-state index contributed by atoms with van der Waals surface area (Å²) in [5.41, 5.74) is -0.210. The molecule has 1 unspecified atom stereocenters. The van der Waals surface area contributed by atoms with E-state index < -0.39 is 17.5 Å². The molecule has 1 aromatic rings. The van der Waals surface area contributed by atoms with E-state index in [4.69, 9.17) is 11.6 Å². The van der Waals surface area contributed by atoms with E-state index in [2.05, 4.69) is 5.32 Å². The van der Waals surface area contributed by atoms with Crippen molar-refractivity contribution in [1.82, 2.24) is 5.32 Å². The Balaban J connectivity index is 2.52. The molecule has 0 saturated heterocycles. The Labute approximate surface area is 123 Å². The minimum Gasteiger partial charge on any atom is -0.354 e. The SMILES string of the molecule is CCC(CC)C(Cl)CNC(=O)Cc1c(F)cccc1F. The predicted octanol–water partition coefficient (Wildman–Crippen LogP) is 3.67. The molecule has 0 aliphatic heterocycles. The number of amides is 1. The molecule has 0 aromatic heterocycles. The van der Waals surface area contributed by atoms with Crippen molar-refractivity contribution >= 4 is 17.5 Å². The van der Waals surface area contributed by atoms with Crippen molar-refractivity contribution in [3.63, 3.8) is 0 Å². The first-order valence-electron chi connectivity index (χ1n) is 6.83. The lowest BCUT2D eigenvalue weighted by atomic mass is 9.99. The first-order valence-corrected chi connectivity index (χ1v) is 7.26. The summed E-state index contributed by atoms with van der Waals surface area (Å²) in [5.74, 6) is -1.52. The van der Waals surface area contributed by atoms with Gasteiger partial charge in [0, 0.05) is 12.1 Å². The van der Waals surface area contributed by atoms with E-state index in [0.29, 0.717) is 12.5 Å². The van der Waals surface area contributed by atoms with Crippen molar-refractivity contribution in [2.45, 2.75) is 38.5 Å². The van der Waals surface area contributed by atoms with Gasteiger partial charge < -0.3 is 5.32 Å². The molecule has 5 heteroatoms. The Bertz CT molecular complexity index is 429. The zero-order valence-electron chi connectivity index (χ0n) is 11.8. The van der Waals surface area contributed by atoms with Crippen LogP contribution in [0.5, 0.6) is 0 Å². The van der Waals surface area contributed by atoms with Gasteiger partial charge in [0.25, 0.3) is 0 Å². The van der Waals surface area contributed by atoms with E-state index in [0.717, 1.165) is 25.0 Å². The lowest BCUT2D eigenvalue weighted by Crippen LogP contribution is -2.34. The van der Waals surface area contributed by atoms with Crippen LogP contribution in [0.4, 0.5) is 8.78 Å². The van der Waals surface area contributed by atoms with E-state index in [1.165, 1.54) is 6.07 Å². The largest absolute Gasteiger partial charge is 0.354 e. The number of alkyl halides is 1. The second kappa shape index (κ2) is 8.20. The van der Waals surface area contributed by atoms with Crippen molar-refractivity contribution in [1.29, 1.82) is 0 Å². The van der Waals surface area contributed by atoms with Crippen molar-refractivity contribution in [3.05, 3.63) is 35.4 Å². The molecule has 0 radical (unpaired) electrons. The topological polar surface area (TPSA) is 29.1 Å². The van der Waals surface area contributed by atoms with Crippen molar-refractivity contribution in [3.8, 4) is 0 Å². The predicted molar refractivity (Wildman–Crippen MR) is 76.8 cm³/mol. The Kier molecular flexibility index (Phi) is 6.93. The highest BCUT2D eigenvalue weighted by molar-refractivity contribution is 6.21. The molecular formula is C15H20ClF2NO. The van der Waals surface area contributed by atoms with Crippen LogP contribution in [-0.2, 0) is 11.2 Å². The van der Waals surface area contributed by atoms with Gasteiger partial charge in [-0.2, -0.15) is 0 Å². The highest BCUT2D eigenvalue weighted by atomic mass is 35.5. The number of hydrogen-bond donors (Lipinski definition) is 1. The number of carbonyl (C=O) groups is 1. The van der Waals surface area contributed by atoms with Crippen LogP contribution in [0, 0.1) is 17.6 Å². The molecule has 1 atom stereocenters. The van der Waals surface area contributed by atoms with Crippen LogP contribution in [0.1, 0.15) is 32.3 Å². The van der Waals surface area contributed by atoms with Crippen molar-refractivity contribution < 1.29 is 13.6 Å². The number of benzene rings is 1. The second-order valence-electron chi connectivity index (χ2n) is 4.77. The second-order valence-corrected chi connectivity index (χ2v) is 5.33. The molecule has 112 valence electrons. The number of nitrogens with one attached hydrogen (secondary N) is 1. The third-order valence-corrected chi connectivity index (χ3v) is 3.96. The minimum atomic E-state index is -0.706. The van der Waals surface area contributed by atoms with Gasteiger partial charge in [-0.15, -0.1) is 11.6 Å². The third kappa shape index (κ3) is 4.75. The van der Waals surface area contributed by atoms with Gasteiger partial charge >= 0.3 is 0 Å². The van der Waals surface area contributed by atoms with Gasteiger partial charge in [0.15, 0.2) is 0 Å². The van der Waals surface area contributed by atoms with Crippen LogP contribution in [0.15, 0.2) is 18.2 Å². The lowest BCUT2D eigenvalue weighted by molar-refractivity contribution is -0.120. The normalized spacial score (nSPS) is 12.5. The Morgan fingerprint density at radius 1 is 1.25 bits per heavy atom. The molecule has 0 heterocycles. The molecule has 0 fully saturated rings. The molecule has 1 N–H and O–H groups in total. The maximum Gasteiger partial charge on any atom is 0.224 e. The zero-order valence-corrected chi connectivity index (χ0v) is 12.5. The molecule has 20 heavy (non-hydrogen) atoms. The summed E-state index contributed by atoms with van der Waals surface area (Å²) in [6, 6.07) is 3.55. The third-order valence-electron chi connectivity index (χ3n) is 3.45. The molecule has 0 saturated carbocycles. The summed E-state index contributed by atoms with van der Waals surface area (Å²) < 4.78 is 26.8. The number of rotatable bonds is 7. The maximum atomic E-state index is 13.4. The molecule has 1 aromatic carbocycles. The number of carbonyl (C=O) groups excluding carboxylic acids is 1. The Morgan fingerprint density at radius 3 is 2.30 bits per heavy atom. The first-order chi connectivity index (χ1) is 9.49. The van der Waals surface area contributed by atoms with Crippen molar-refractivity contribution in [2.24, 2.45) is 5.92 Å². The van der Waals surface area contributed by atoms with Crippen molar-refractivity contribution in [2.75, 3.05) is 6.54 Å². The molecule has 0 aliphatic carbocycles. The number of halogens is 3. The van der Waals surface area contributed by atoms with Gasteiger partial charge in [0.1, 0.15) is 11.6 Å². The standard InChI is InChI=1S/C15H20ClF2NO/c1-3-10(4-2)12(16)9-19-15(20)8-11-13(17)6-5-7-14(11)18/h5-7,10,12H,3-4,8-9H2,1-2H3,(H,19,20). The summed E-state index contributed by atoms with van der Waals surface area (Å²) in [6.07, 6.45) is 1.55. The summed E-state index contributed by atoms with van der Waals surface area (Å²) in [7, 11) is 0. The van der Waals surface area contributed by atoms with E-state index >= 15 is 0 Å². The van der Waals surface area contributed by atoms with Crippen LogP contribution >= 0.6 is 11.6 Å². The smallest absolute Gasteiger partial charge is 0.224 e. The molecule has 0 aliphatic rings. The zero-order chi connectivity index (χ0) is 15.1. The average molecular weight is 304 g/mol. The molecular weight excluding hydrogens is 284 g/mol. The summed E-state index contributed by atoms with van der Waals surface area (Å²) in [4.78, 5) is 11.7. The van der Waals surface area contributed by atoms with E-state index in [-0.39, 0.29) is 17.4 Å². The molecule has 0 spiro atoms. The number of hydrogen-bond acceptors (Lipinski definition) is 1. The fourth-order valence-corrected chi connectivity index (χ4v) is 2.54. The summed E-state index contributed by atoms with van der Waals surface area (Å²) in [5, 5.41) is 2.46. The van der Waals surface area contributed by atoms with Crippen LogP contribution in [0.25, 0.3) is 0 Å². The maximum absolute atomic E-state index is 13.4. The van der Waals surface area contributed by atoms with Crippen LogP contribution in [-0.4, -0.2) is 17.8 Å². The minimum absolute atomic E-state index is 0.167. The van der Waals surface area contributed by atoms with Gasteiger partial charge in [0.05, 0.1) is 11.8 Å². The fraction of sp³-hybridized carbons (Fsp3) is 0.533. The quantitative estimate of drug-likeness (QED) is 0.765. The lowest BCUT2D eigenvalue weighted by Gasteiger charge is -2.19. The Morgan fingerprint density at radius 2 is 1.80 bits per heavy atom. The van der Waals surface area contributed by atoms with E-state index in [1.807, 2.05) is 13.8 Å². The van der Waals surface area contributed by atoms with Crippen LogP contribution in [0.3, 0.4) is 0 Å². The summed E-state index contributed by atoms with van der Waals surface area (Å²) in [6.45, 7) is 4.39. The molecule has 0 bridgehead atoms. The highest BCUT2D eigenvalue weighted by Gasteiger charge is 2.18. The van der Waals surface area contributed by atoms with Gasteiger partial charge in [-0.3, -0.25) is 4.79 Å². The fourth-order valence-electron chi connectivity index (χ4n) is 2.10. The van der Waals surface area contributed by atoms with E-state index in [9.17, 15) is 13.6 Å². The monoisotopic (exact) mass is 303 g/mol. The molecule has 1 rings (SSSR count). The summed E-state index contributed by atoms with van der Waals surface area (Å²) >= 11 is 6.19. The van der Waals surface area contributed by atoms with E-state index in [1.54, 1.807) is 0 Å². The van der Waals surface area contributed by atoms with Gasteiger partial charge in [0.2, 0.25) is 5.91 Å². The van der Waals surface area contributed by atoms with Gasteiger partial charge in [-0.25, -0.2) is 8.78 Å². The van der Waals surface area contributed by atoms with Crippen LogP contribution < -0.4 is 5.32 Å². The van der Waals surface area contributed by atoms with Crippen LogP contribution in [0.2, 0.25) is 0 Å².